The van der Waals surface area contributed by atoms with Gasteiger partial charge in [-0.25, -0.2) is 5.84 Å². The Labute approximate surface area is 106 Å². The van der Waals surface area contributed by atoms with E-state index in [2.05, 4.69) is 0 Å². The van der Waals surface area contributed by atoms with Gasteiger partial charge in [0, 0.05) is 18.7 Å². The molecule has 6 nitrogen and oxygen atoms in total. The lowest BCUT2D eigenvalue weighted by Gasteiger charge is -2.12. The monoisotopic (exact) mass is 254 g/mol. The van der Waals surface area contributed by atoms with Crippen LogP contribution in [0.25, 0.3) is 0 Å². The van der Waals surface area contributed by atoms with E-state index in [9.17, 15) is 4.79 Å². The number of ether oxygens (including phenoxy) is 3. The summed E-state index contributed by atoms with van der Waals surface area (Å²) >= 11 is 0. The molecular formula is C12H18N2O4. The van der Waals surface area contributed by atoms with Crippen LogP contribution in [0.2, 0.25) is 0 Å². The van der Waals surface area contributed by atoms with Crippen LogP contribution in [0.1, 0.15) is 5.56 Å². The summed E-state index contributed by atoms with van der Waals surface area (Å²) in [5.74, 6) is 6.34. The van der Waals surface area contributed by atoms with Crippen molar-refractivity contribution in [2.24, 2.45) is 5.84 Å². The summed E-state index contributed by atoms with van der Waals surface area (Å²) in [6, 6.07) is 5.39. The van der Waals surface area contributed by atoms with Gasteiger partial charge in [0.2, 0.25) is 0 Å². The highest BCUT2D eigenvalue weighted by molar-refractivity contribution is 5.76. The summed E-state index contributed by atoms with van der Waals surface area (Å²) in [7, 11) is 4.62. The van der Waals surface area contributed by atoms with E-state index < -0.39 is 0 Å². The fourth-order valence-electron chi connectivity index (χ4n) is 1.32. The second-order valence-corrected chi connectivity index (χ2v) is 3.68. The van der Waals surface area contributed by atoms with Crippen LogP contribution in [0.15, 0.2) is 18.2 Å². The van der Waals surface area contributed by atoms with Gasteiger partial charge in [-0.15, -0.1) is 0 Å². The molecule has 1 rings (SSSR count). The zero-order valence-electron chi connectivity index (χ0n) is 10.8. The molecule has 0 aliphatic rings. The normalized spacial score (nSPS) is 10.0. The number of carbonyl (C=O) groups is 1. The molecule has 0 aliphatic heterocycles. The number of likely N-dealkylation sites (N-methyl/N-ethyl adjacent to an activating group) is 1. The van der Waals surface area contributed by atoms with E-state index in [-0.39, 0.29) is 19.1 Å². The molecule has 0 aromatic heterocycles. The molecular weight excluding hydrogens is 236 g/mol. The van der Waals surface area contributed by atoms with Crippen molar-refractivity contribution in [1.82, 2.24) is 5.01 Å². The lowest BCUT2D eigenvalue weighted by molar-refractivity contribution is -0.135. The summed E-state index contributed by atoms with van der Waals surface area (Å²) in [5.41, 5.74) is 0.839. The van der Waals surface area contributed by atoms with Gasteiger partial charge in [-0.2, -0.15) is 0 Å². The molecule has 0 spiro atoms. The van der Waals surface area contributed by atoms with Crippen molar-refractivity contribution in [3.8, 4) is 11.5 Å². The van der Waals surface area contributed by atoms with Crippen molar-refractivity contribution in [1.29, 1.82) is 0 Å². The van der Waals surface area contributed by atoms with Crippen molar-refractivity contribution in [2.45, 2.75) is 6.61 Å². The Morgan fingerprint density at radius 2 is 2.06 bits per heavy atom. The fourth-order valence-corrected chi connectivity index (χ4v) is 1.32. The van der Waals surface area contributed by atoms with Crippen LogP contribution in [0.5, 0.6) is 11.5 Å². The molecule has 0 saturated carbocycles. The van der Waals surface area contributed by atoms with Crippen LogP contribution in [-0.4, -0.2) is 38.8 Å². The van der Waals surface area contributed by atoms with E-state index in [0.717, 1.165) is 10.6 Å². The molecule has 0 unspecified atom stereocenters. The number of amides is 1. The summed E-state index contributed by atoms with van der Waals surface area (Å²) in [5, 5.41) is 0.991. The molecule has 0 atom stereocenters. The van der Waals surface area contributed by atoms with Gasteiger partial charge in [-0.05, 0) is 12.1 Å². The van der Waals surface area contributed by atoms with Crippen molar-refractivity contribution >= 4 is 5.91 Å². The second kappa shape index (κ2) is 6.83. The highest BCUT2D eigenvalue weighted by Crippen LogP contribution is 2.24. The van der Waals surface area contributed by atoms with Gasteiger partial charge < -0.3 is 14.2 Å². The lowest BCUT2D eigenvalue weighted by atomic mass is 10.2. The van der Waals surface area contributed by atoms with E-state index in [1.807, 2.05) is 6.07 Å². The van der Waals surface area contributed by atoms with E-state index >= 15 is 0 Å². The van der Waals surface area contributed by atoms with Gasteiger partial charge in [0.15, 0.2) is 0 Å². The first kappa shape index (κ1) is 14.3. The summed E-state index contributed by atoms with van der Waals surface area (Å²) in [4.78, 5) is 11.2. The SMILES string of the molecule is COc1ccc(COCC(=O)N(C)N)c(OC)c1. The summed E-state index contributed by atoms with van der Waals surface area (Å²) in [6.07, 6.45) is 0. The van der Waals surface area contributed by atoms with Crippen molar-refractivity contribution in [3.05, 3.63) is 23.8 Å². The molecule has 0 bridgehead atoms. The molecule has 0 saturated heterocycles. The largest absolute Gasteiger partial charge is 0.497 e. The number of benzene rings is 1. The topological polar surface area (TPSA) is 74.0 Å². The maximum absolute atomic E-state index is 11.2. The molecule has 1 aromatic rings. The Balaban J connectivity index is 2.59. The first-order valence-electron chi connectivity index (χ1n) is 5.38. The van der Waals surface area contributed by atoms with E-state index in [0.29, 0.717) is 11.5 Å². The third-order valence-corrected chi connectivity index (χ3v) is 2.37. The standard InChI is InChI=1S/C12H18N2O4/c1-14(13)12(15)8-18-7-9-4-5-10(16-2)6-11(9)17-3/h4-6H,7-8,13H2,1-3H3. The Kier molecular flexibility index (Phi) is 5.41. The van der Waals surface area contributed by atoms with Crippen molar-refractivity contribution < 1.29 is 19.0 Å². The Bertz CT molecular complexity index is 407. The highest BCUT2D eigenvalue weighted by Gasteiger charge is 2.08. The zero-order chi connectivity index (χ0) is 13.5. The fraction of sp³-hybridized carbons (Fsp3) is 0.417. The molecule has 0 aliphatic carbocycles. The van der Waals surface area contributed by atoms with Crippen LogP contribution in [0.4, 0.5) is 0 Å². The van der Waals surface area contributed by atoms with Gasteiger partial charge in [0.25, 0.3) is 5.91 Å². The Morgan fingerprint density at radius 1 is 1.33 bits per heavy atom. The van der Waals surface area contributed by atoms with E-state index in [1.54, 1.807) is 26.4 Å². The first-order chi connectivity index (χ1) is 8.58. The average molecular weight is 254 g/mol. The number of nitrogens with two attached hydrogens (primary N) is 1. The molecule has 0 fully saturated rings. The molecule has 2 N–H and O–H groups in total. The Morgan fingerprint density at radius 3 is 2.61 bits per heavy atom. The van der Waals surface area contributed by atoms with Gasteiger partial charge in [0.1, 0.15) is 18.1 Å². The predicted octanol–water partition coefficient (Wildman–Crippen LogP) is 0.553. The third kappa shape index (κ3) is 3.90. The molecule has 18 heavy (non-hydrogen) atoms. The van der Waals surface area contributed by atoms with E-state index in [1.165, 1.54) is 7.05 Å². The average Bonchev–Trinajstić information content (AvgIpc) is 2.38. The number of methoxy groups -OCH3 is 2. The summed E-state index contributed by atoms with van der Waals surface area (Å²) in [6.45, 7) is 0.203. The number of nitrogens with zero attached hydrogens (tertiary/aromatic N) is 1. The molecule has 100 valence electrons. The maximum Gasteiger partial charge on any atom is 0.262 e. The molecule has 1 aromatic carbocycles. The third-order valence-electron chi connectivity index (χ3n) is 2.37. The van der Waals surface area contributed by atoms with Gasteiger partial charge >= 0.3 is 0 Å². The van der Waals surface area contributed by atoms with Gasteiger partial charge in [0.05, 0.1) is 20.8 Å². The van der Waals surface area contributed by atoms with Crippen LogP contribution >= 0.6 is 0 Å². The van der Waals surface area contributed by atoms with Crippen molar-refractivity contribution in [2.75, 3.05) is 27.9 Å². The van der Waals surface area contributed by atoms with Crippen LogP contribution in [0.3, 0.4) is 0 Å². The molecule has 1 amide bonds. The predicted molar refractivity (Wildman–Crippen MR) is 66.2 cm³/mol. The molecule has 0 radical (unpaired) electrons. The first-order valence-corrected chi connectivity index (χ1v) is 5.38. The highest BCUT2D eigenvalue weighted by atomic mass is 16.5. The summed E-state index contributed by atoms with van der Waals surface area (Å²) < 4.78 is 15.6. The molecule has 0 heterocycles. The van der Waals surface area contributed by atoms with Crippen LogP contribution in [0, 0.1) is 0 Å². The minimum absolute atomic E-state index is 0.0673. The maximum atomic E-state index is 11.2. The Hall–Kier alpha value is -1.79. The number of carbonyl (C=O) groups excluding carboxylic acids is 1. The van der Waals surface area contributed by atoms with Crippen LogP contribution < -0.4 is 15.3 Å². The molecule has 6 heteroatoms. The lowest BCUT2D eigenvalue weighted by Crippen LogP contribution is -2.35. The zero-order valence-corrected chi connectivity index (χ0v) is 10.8. The van der Waals surface area contributed by atoms with Crippen LogP contribution in [-0.2, 0) is 16.1 Å². The van der Waals surface area contributed by atoms with Gasteiger partial charge in [-0.1, -0.05) is 0 Å². The van der Waals surface area contributed by atoms with E-state index in [4.69, 9.17) is 20.1 Å². The number of hydrogen-bond acceptors (Lipinski definition) is 5. The smallest absolute Gasteiger partial charge is 0.262 e. The minimum atomic E-state index is -0.289. The number of hydrazine groups is 1. The van der Waals surface area contributed by atoms with Crippen molar-refractivity contribution in [3.63, 3.8) is 0 Å². The quantitative estimate of drug-likeness (QED) is 0.456. The number of rotatable bonds is 6. The minimum Gasteiger partial charge on any atom is -0.497 e. The van der Waals surface area contributed by atoms with Gasteiger partial charge in [-0.3, -0.25) is 9.80 Å². The second-order valence-electron chi connectivity index (χ2n) is 3.68. The number of hydrogen-bond donors (Lipinski definition) is 1.